The van der Waals surface area contributed by atoms with Gasteiger partial charge in [-0.25, -0.2) is 0 Å². The molecule has 1 N–H and O–H groups in total. The summed E-state index contributed by atoms with van der Waals surface area (Å²) in [6, 6.07) is 1.34. The quantitative estimate of drug-likeness (QED) is 0.761. The molecule has 0 spiro atoms. The van der Waals surface area contributed by atoms with E-state index < -0.39 is 0 Å². The minimum Gasteiger partial charge on any atom is -0.377 e. The summed E-state index contributed by atoms with van der Waals surface area (Å²) in [5, 5.41) is 3.50. The highest BCUT2D eigenvalue weighted by Gasteiger charge is 2.37. The molecular formula is C12H24N2O2. The Bertz CT molecular complexity index is 213. The van der Waals surface area contributed by atoms with E-state index in [2.05, 4.69) is 17.1 Å². The van der Waals surface area contributed by atoms with Crippen LogP contribution in [0.1, 0.15) is 19.8 Å². The second kappa shape index (κ2) is 5.45. The lowest BCUT2D eigenvalue weighted by Gasteiger charge is -2.34. The number of rotatable bonds is 3. The Morgan fingerprint density at radius 2 is 1.75 bits per heavy atom. The molecule has 2 saturated heterocycles. The zero-order valence-electron chi connectivity index (χ0n) is 10.6. The molecule has 16 heavy (non-hydrogen) atoms. The number of nitrogens with zero attached hydrogens (tertiary/aromatic N) is 1. The molecule has 2 heterocycles. The maximum atomic E-state index is 5.48. The third kappa shape index (κ3) is 2.56. The SMILES string of the molecule is COC1CN(C2CCNC(C)C2)CC1OC. The van der Waals surface area contributed by atoms with Gasteiger partial charge in [0.25, 0.3) is 0 Å². The molecule has 0 radical (unpaired) electrons. The summed E-state index contributed by atoms with van der Waals surface area (Å²) >= 11 is 0. The fourth-order valence-electron chi connectivity index (χ4n) is 2.96. The molecule has 4 heteroatoms. The molecule has 0 aromatic heterocycles. The molecule has 0 amide bonds. The van der Waals surface area contributed by atoms with Crippen molar-refractivity contribution < 1.29 is 9.47 Å². The number of hydrogen-bond acceptors (Lipinski definition) is 4. The lowest BCUT2D eigenvalue weighted by atomic mass is 9.99. The molecule has 0 aromatic carbocycles. The second-order valence-corrected chi connectivity index (χ2v) is 5.04. The Morgan fingerprint density at radius 1 is 1.12 bits per heavy atom. The lowest BCUT2D eigenvalue weighted by molar-refractivity contribution is -0.00461. The van der Waals surface area contributed by atoms with Crippen LogP contribution in [-0.2, 0) is 9.47 Å². The topological polar surface area (TPSA) is 33.7 Å². The monoisotopic (exact) mass is 228 g/mol. The van der Waals surface area contributed by atoms with E-state index >= 15 is 0 Å². The van der Waals surface area contributed by atoms with Crippen molar-refractivity contribution in [2.24, 2.45) is 0 Å². The van der Waals surface area contributed by atoms with Crippen LogP contribution in [0.25, 0.3) is 0 Å². The molecule has 4 unspecified atom stereocenters. The smallest absolute Gasteiger partial charge is 0.0971 e. The molecular weight excluding hydrogens is 204 g/mol. The van der Waals surface area contributed by atoms with Crippen LogP contribution in [0.3, 0.4) is 0 Å². The van der Waals surface area contributed by atoms with Gasteiger partial charge in [-0.1, -0.05) is 0 Å². The first-order valence-corrected chi connectivity index (χ1v) is 6.27. The lowest BCUT2D eigenvalue weighted by Crippen LogP contribution is -2.46. The fourth-order valence-corrected chi connectivity index (χ4v) is 2.96. The standard InChI is InChI=1S/C12H24N2O2/c1-9-6-10(4-5-13-9)14-7-11(15-2)12(8-14)16-3/h9-13H,4-8H2,1-3H3. The zero-order chi connectivity index (χ0) is 11.5. The van der Waals surface area contributed by atoms with Crippen LogP contribution < -0.4 is 5.32 Å². The van der Waals surface area contributed by atoms with Crippen molar-refractivity contribution in [3.8, 4) is 0 Å². The van der Waals surface area contributed by atoms with E-state index in [-0.39, 0.29) is 12.2 Å². The van der Waals surface area contributed by atoms with Crippen molar-refractivity contribution in [1.82, 2.24) is 10.2 Å². The first-order valence-electron chi connectivity index (χ1n) is 6.27. The molecule has 0 aliphatic carbocycles. The Kier molecular flexibility index (Phi) is 4.19. The predicted octanol–water partition coefficient (Wildman–Crippen LogP) is 0.473. The van der Waals surface area contributed by atoms with Gasteiger partial charge in [0.1, 0.15) is 0 Å². The molecule has 94 valence electrons. The summed E-state index contributed by atoms with van der Waals surface area (Å²) in [5.74, 6) is 0. The number of piperidine rings is 1. The molecule has 2 aliphatic heterocycles. The zero-order valence-corrected chi connectivity index (χ0v) is 10.6. The van der Waals surface area contributed by atoms with Crippen molar-refractivity contribution >= 4 is 0 Å². The third-order valence-electron chi connectivity index (χ3n) is 3.96. The summed E-state index contributed by atoms with van der Waals surface area (Å²) in [5.41, 5.74) is 0. The Hall–Kier alpha value is -0.160. The molecule has 2 fully saturated rings. The van der Waals surface area contributed by atoms with Crippen LogP contribution in [0, 0.1) is 0 Å². The van der Waals surface area contributed by atoms with Crippen molar-refractivity contribution in [2.45, 2.75) is 44.1 Å². The molecule has 0 bridgehead atoms. The van der Waals surface area contributed by atoms with Gasteiger partial charge in [-0.05, 0) is 26.3 Å². The Morgan fingerprint density at radius 3 is 2.25 bits per heavy atom. The Labute approximate surface area is 98.3 Å². The third-order valence-corrected chi connectivity index (χ3v) is 3.96. The van der Waals surface area contributed by atoms with Gasteiger partial charge in [0, 0.05) is 39.4 Å². The molecule has 2 rings (SSSR count). The fraction of sp³-hybridized carbons (Fsp3) is 1.00. The first-order chi connectivity index (χ1) is 7.74. The van der Waals surface area contributed by atoms with Gasteiger partial charge in [-0.15, -0.1) is 0 Å². The molecule has 2 aliphatic rings. The van der Waals surface area contributed by atoms with Gasteiger partial charge in [-0.2, -0.15) is 0 Å². The van der Waals surface area contributed by atoms with Crippen molar-refractivity contribution in [2.75, 3.05) is 33.9 Å². The minimum atomic E-state index is 0.246. The number of likely N-dealkylation sites (tertiary alicyclic amines) is 1. The number of methoxy groups -OCH3 is 2. The van der Waals surface area contributed by atoms with Crippen LogP contribution in [-0.4, -0.2) is 63.0 Å². The maximum Gasteiger partial charge on any atom is 0.0971 e. The molecule has 0 saturated carbocycles. The van der Waals surface area contributed by atoms with E-state index in [4.69, 9.17) is 9.47 Å². The highest BCUT2D eigenvalue weighted by molar-refractivity contribution is 4.92. The van der Waals surface area contributed by atoms with E-state index in [0.29, 0.717) is 12.1 Å². The van der Waals surface area contributed by atoms with Gasteiger partial charge in [0.2, 0.25) is 0 Å². The average Bonchev–Trinajstić information content (AvgIpc) is 2.72. The molecule has 4 nitrogen and oxygen atoms in total. The largest absolute Gasteiger partial charge is 0.377 e. The Balaban J connectivity index is 1.90. The van der Waals surface area contributed by atoms with Gasteiger partial charge in [0.05, 0.1) is 12.2 Å². The number of hydrogen-bond donors (Lipinski definition) is 1. The van der Waals surface area contributed by atoms with Gasteiger partial charge >= 0.3 is 0 Å². The van der Waals surface area contributed by atoms with Crippen LogP contribution in [0.5, 0.6) is 0 Å². The first kappa shape index (κ1) is 12.3. The van der Waals surface area contributed by atoms with Crippen LogP contribution in [0.4, 0.5) is 0 Å². The summed E-state index contributed by atoms with van der Waals surface area (Å²) in [7, 11) is 3.57. The van der Waals surface area contributed by atoms with Crippen molar-refractivity contribution in [3.63, 3.8) is 0 Å². The highest BCUT2D eigenvalue weighted by Crippen LogP contribution is 2.23. The van der Waals surface area contributed by atoms with E-state index in [0.717, 1.165) is 19.6 Å². The summed E-state index contributed by atoms with van der Waals surface area (Å²) in [6.07, 6.45) is 2.98. The average molecular weight is 228 g/mol. The second-order valence-electron chi connectivity index (χ2n) is 5.04. The van der Waals surface area contributed by atoms with Crippen LogP contribution in [0.15, 0.2) is 0 Å². The van der Waals surface area contributed by atoms with Crippen molar-refractivity contribution in [1.29, 1.82) is 0 Å². The van der Waals surface area contributed by atoms with Crippen LogP contribution >= 0.6 is 0 Å². The van der Waals surface area contributed by atoms with Gasteiger partial charge < -0.3 is 14.8 Å². The van der Waals surface area contributed by atoms with E-state index in [1.165, 1.54) is 12.8 Å². The number of ether oxygens (including phenoxy) is 2. The van der Waals surface area contributed by atoms with Crippen LogP contribution in [0.2, 0.25) is 0 Å². The van der Waals surface area contributed by atoms with E-state index in [1.54, 1.807) is 14.2 Å². The maximum absolute atomic E-state index is 5.48. The highest BCUT2D eigenvalue weighted by atomic mass is 16.5. The number of nitrogens with one attached hydrogen (secondary N) is 1. The van der Waals surface area contributed by atoms with Gasteiger partial charge in [-0.3, -0.25) is 4.90 Å². The molecule has 0 aromatic rings. The summed E-state index contributed by atoms with van der Waals surface area (Å²) in [4.78, 5) is 2.54. The normalized spacial score (nSPS) is 41.4. The van der Waals surface area contributed by atoms with Crippen molar-refractivity contribution in [3.05, 3.63) is 0 Å². The van der Waals surface area contributed by atoms with E-state index in [9.17, 15) is 0 Å². The predicted molar refractivity (Wildman–Crippen MR) is 63.7 cm³/mol. The summed E-state index contributed by atoms with van der Waals surface area (Å²) in [6.45, 7) is 5.44. The van der Waals surface area contributed by atoms with Gasteiger partial charge in [0.15, 0.2) is 0 Å². The minimum absolute atomic E-state index is 0.246. The van der Waals surface area contributed by atoms with E-state index in [1.807, 2.05) is 0 Å². The molecule has 4 atom stereocenters. The summed E-state index contributed by atoms with van der Waals surface area (Å²) < 4.78 is 11.0.